The fourth-order valence-electron chi connectivity index (χ4n) is 2.26. The van der Waals surface area contributed by atoms with Crippen molar-refractivity contribution in [3.63, 3.8) is 0 Å². The Bertz CT molecular complexity index is 825. The third-order valence-corrected chi connectivity index (χ3v) is 3.31. The minimum absolute atomic E-state index is 0.128. The second kappa shape index (κ2) is 7.82. The highest BCUT2D eigenvalue weighted by atomic mass is 16.5. The lowest BCUT2D eigenvalue weighted by atomic mass is 9.97. The van der Waals surface area contributed by atoms with Crippen molar-refractivity contribution in [2.75, 3.05) is 14.2 Å². The molecule has 2 rings (SSSR count). The number of carbonyl (C=O) groups is 1. The van der Waals surface area contributed by atoms with E-state index in [9.17, 15) is 4.79 Å². The van der Waals surface area contributed by atoms with Gasteiger partial charge in [0.25, 0.3) is 0 Å². The Morgan fingerprint density at radius 2 is 1.68 bits per heavy atom. The smallest absolute Gasteiger partial charge is 0.338 e. The van der Waals surface area contributed by atoms with Crippen molar-refractivity contribution >= 4 is 23.6 Å². The zero-order valence-electron chi connectivity index (χ0n) is 13.9. The molecule has 25 heavy (non-hydrogen) atoms. The fraction of sp³-hybridized carbons (Fsp3) is 0.118. The number of benzene rings is 2. The van der Waals surface area contributed by atoms with Crippen LogP contribution in [0.4, 0.5) is 5.69 Å². The van der Waals surface area contributed by atoms with E-state index in [1.807, 2.05) is 0 Å². The van der Waals surface area contributed by atoms with Gasteiger partial charge in [-0.15, -0.1) is 0 Å². The maximum atomic E-state index is 12.2. The highest BCUT2D eigenvalue weighted by Crippen LogP contribution is 2.35. The summed E-state index contributed by atoms with van der Waals surface area (Å²) in [5.41, 5.74) is 18.4. The Hall–Kier alpha value is -3.55. The number of carbonyl (C=O) groups excluding carboxylic acids is 1. The van der Waals surface area contributed by atoms with Crippen LogP contribution >= 0.6 is 0 Å². The number of aliphatic imine (C=N–C) groups is 2. The van der Waals surface area contributed by atoms with E-state index in [1.165, 1.54) is 7.11 Å². The fourth-order valence-corrected chi connectivity index (χ4v) is 2.26. The number of rotatable bonds is 4. The Labute approximate surface area is 145 Å². The number of methoxy groups -OCH3 is 2. The molecule has 8 heteroatoms. The van der Waals surface area contributed by atoms with Gasteiger partial charge in [0, 0.05) is 5.56 Å². The SMILES string of the molecule is COC(=O)c1cccc(N=C(N)N=C(N)N)c1-c1ccc(OC)cc1. The van der Waals surface area contributed by atoms with E-state index in [0.29, 0.717) is 22.6 Å². The highest BCUT2D eigenvalue weighted by Gasteiger charge is 2.17. The molecule has 8 nitrogen and oxygen atoms in total. The molecule has 0 aliphatic heterocycles. The number of ether oxygens (including phenoxy) is 2. The van der Waals surface area contributed by atoms with Gasteiger partial charge in [-0.25, -0.2) is 9.79 Å². The zero-order valence-corrected chi connectivity index (χ0v) is 13.9. The minimum Gasteiger partial charge on any atom is -0.497 e. The van der Waals surface area contributed by atoms with Crippen LogP contribution in [0.25, 0.3) is 11.1 Å². The summed E-state index contributed by atoms with van der Waals surface area (Å²) in [5, 5.41) is 0. The maximum absolute atomic E-state index is 12.2. The van der Waals surface area contributed by atoms with Crippen molar-refractivity contribution in [1.82, 2.24) is 0 Å². The van der Waals surface area contributed by atoms with Crippen LogP contribution < -0.4 is 21.9 Å². The van der Waals surface area contributed by atoms with Crippen LogP contribution in [0, 0.1) is 0 Å². The van der Waals surface area contributed by atoms with Gasteiger partial charge < -0.3 is 26.7 Å². The molecule has 0 aliphatic carbocycles. The molecule has 6 N–H and O–H groups in total. The Morgan fingerprint density at radius 3 is 2.24 bits per heavy atom. The monoisotopic (exact) mass is 341 g/mol. The standard InChI is InChI=1S/C17H19N5O3/c1-24-11-8-6-10(7-9-11)14-12(15(23)25-2)4-3-5-13(14)21-17(20)22-16(18)19/h3-9H,1-2H3,(H6,18,19,20,21,22). The average Bonchev–Trinajstić information content (AvgIpc) is 2.60. The summed E-state index contributed by atoms with van der Waals surface area (Å²) in [4.78, 5) is 20.0. The molecule has 0 atom stereocenters. The molecular weight excluding hydrogens is 322 g/mol. The first-order valence-electron chi connectivity index (χ1n) is 7.25. The largest absolute Gasteiger partial charge is 0.497 e. The quantitative estimate of drug-likeness (QED) is 0.436. The lowest BCUT2D eigenvalue weighted by molar-refractivity contribution is 0.0601. The molecule has 0 unspecified atom stereocenters. The van der Waals surface area contributed by atoms with Crippen molar-refractivity contribution in [2.45, 2.75) is 0 Å². The molecule has 0 saturated carbocycles. The van der Waals surface area contributed by atoms with Gasteiger partial charge in [-0.3, -0.25) is 0 Å². The van der Waals surface area contributed by atoms with Crippen LogP contribution in [0.1, 0.15) is 10.4 Å². The third-order valence-electron chi connectivity index (χ3n) is 3.31. The summed E-state index contributed by atoms with van der Waals surface area (Å²) in [6, 6.07) is 12.2. The normalized spacial score (nSPS) is 10.9. The molecule has 0 bridgehead atoms. The van der Waals surface area contributed by atoms with Crippen molar-refractivity contribution in [3.05, 3.63) is 48.0 Å². The third kappa shape index (κ3) is 4.25. The first-order chi connectivity index (χ1) is 12.0. The first kappa shape index (κ1) is 17.8. The van der Waals surface area contributed by atoms with Crippen LogP contribution in [0.15, 0.2) is 52.4 Å². The summed E-state index contributed by atoms with van der Waals surface area (Å²) in [5.74, 6) is -0.152. The topological polar surface area (TPSA) is 138 Å². The Morgan fingerprint density at radius 1 is 1.00 bits per heavy atom. The lowest BCUT2D eigenvalue weighted by Gasteiger charge is -2.12. The highest BCUT2D eigenvalue weighted by molar-refractivity contribution is 6.02. The second-order valence-corrected chi connectivity index (χ2v) is 4.93. The van der Waals surface area contributed by atoms with Crippen molar-refractivity contribution in [3.8, 4) is 16.9 Å². The van der Waals surface area contributed by atoms with Gasteiger partial charge in [-0.05, 0) is 29.8 Å². The minimum atomic E-state index is -0.497. The Kier molecular flexibility index (Phi) is 5.57. The summed E-state index contributed by atoms with van der Waals surface area (Å²) in [6.07, 6.45) is 0. The Balaban J connectivity index is 2.67. The van der Waals surface area contributed by atoms with Crippen molar-refractivity contribution < 1.29 is 14.3 Å². The van der Waals surface area contributed by atoms with E-state index in [0.717, 1.165) is 5.56 Å². The van der Waals surface area contributed by atoms with E-state index in [1.54, 1.807) is 49.6 Å². The average molecular weight is 341 g/mol. The van der Waals surface area contributed by atoms with E-state index < -0.39 is 5.97 Å². The van der Waals surface area contributed by atoms with E-state index in [4.69, 9.17) is 26.7 Å². The van der Waals surface area contributed by atoms with Gasteiger partial charge in [-0.2, -0.15) is 4.99 Å². The molecule has 0 amide bonds. The summed E-state index contributed by atoms with van der Waals surface area (Å²) < 4.78 is 10.0. The molecule has 2 aromatic rings. The van der Waals surface area contributed by atoms with Crippen LogP contribution in [0.5, 0.6) is 5.75 Å². The van der Waals surface area contributed by atoms with Gasteiger partial charge in [0.05, 0.1) is 25.5 Å². The van der Waals surface area contributed by atoms with Gasteiger partial charge >= 0.3 is 5.97 Å². The summed E-state index contributed by atoms with van der Waals surface area (Å²) >= 11 is 0. The summed E-state index contributed by atoms with van der Waals surface area (Å²) in [7, 11) is 2.88. The van der Waals surface area contributed by atoms with Crippen molar-refractivity contribution in [2.24, 2.45) is 27.2 Å². The lowest BCUT2D eigenvalue weighted by Crippen LogP contribution is -2.26. The summed E-state index contributed by atoms with van der Waals surface area (Å²) in [6.45, 7) is 0. The van der Waals surface area contributed by atoms with Crippen LogP contribution in [0.2, 0.25) is 0 Å². The van der Waals surface area contributed by atoms with Gasteiger partial charge in [-0.1, -0.05) is 18.2 Å². The molecule has 130 valence electrons. The number of nitrogens with two attached hydrogens (primary N) is 3. The number of nitrogens with zero attached hydrogens (tertiary/aromatic N) is 2. The molecule has 0 aliphatic rings. The molecule has 2 aromatic carbocycles. The zero-order chi connectivity index (χ0) is 18.4. The van der Waals surface area contributed by atoms with Gasteiger partial charge in [0.15, 0.2) is 5.96 Å². The molecule has 0 saturated heterocycles. The van der Waals surface area contributed by atoms with Crippen LogP contribution in [0.3, 0.4) is 0 Å². The molecule has 0 radical (unpaired) electrons. The predicted octanol–water partition coefficient (Wildman–Crippen LogP) is 1.37. The number of esters is 1. The molecule has 0 spiro atoms. The van der Waals surface area contributed by atoms with E-state index in [2.05, 4.69) is 9.98 Å². The molecular formula is C17H19N5O3. The van der Waals surface area contributed by atoms with Crippen molar-refractivity contribution in [1.29, 1.82) is 0 Å². The van der Waals surface area contributed by atoms with Gasteiger partial charge in [0.2, 0.25) is 5.96 Å². The molecule has 0 heterocycles. The first-order valence-corrected chi connectivity index (χ1v) is 7.25. The second-order valence-electron chi connectivity index (χ2n) is 4.93. The number of guanidine groups is 2. The van der Waals surface area contributed by atoms with Gasteiger partial charge in [0.1, 0.15) is 5.75 Å². The molecule has 0 aromatic heterocycles. The molecule has 0 fully saturated rings. The van der Waals surface area contributed by atoms with Crippen LogP contribution in [-0.4, -0.2) is 32.1 Å². The maximum Gasteiger partial charge on any atom is 0.338 e. The van der Waals surface area contributed by atoms with Crippen LogP contribution in [-0.2, 0) is 4.74 Å². The predicted molar refractivity (Wildman–Crippen MR) is 96.9 cm³/mol. The van der Waals surface area contributed by atoms with E-state index in [-0.39, 0.29) is 11.9 Å². The van der Waals surface area contributed by atoms with E-state index >= 15 is 0 Å². The number of hydrogen-bond donors (Lipinski definition) is 3. The number of hydrogen-bond acceptors (Lipinski definition) is 4.